The maximum Gasteiger partial charge on any atom is 0.490 e. The van der Waals surface area contributed by atoms with Gasteiger partial charge in [-0.25, -0.2) is 9.78 Å². The molecule has 1 saturated heterocycles. The summed E-state index contributed by atoms with van der Waals surface area (Å²) in [6.07, 6.45) is 12.5. The molecule has 286 valence electrons. The summed E-state index contributed by atoms with van der Waals surface area (Å²) in [6, 6.07) is 8.24. The molecule has 0 amide bonds. The molecule has 6 rings (SSSR count). The summed E-state index contributed by atoms with van der Waals surface area (Å²) in [7, 11) is 0.996. The second-order valence-electron chi connectivity index (χ2n) is 12.8. The van der Waals surface area contributed by atoms with Crippen LogP contribution in [0.3, 0.4) is 0 Å². The molecular formula is C36H40BrF3N9O4P. The van der Waals surface area contributed by atoms with E-state index in [1.54, 1.807) is 39.0 Å². The molecule has 1 fully saturated rings. The van der Waals surface area contributed by atoms with E-state index >= 15 is 0 Å². The van der Waals surface area contributed by atoms with Crippen molar-refractivity contribution >= 4 is 80.3 Å². The van der Waals surface area contributed by atoms with Gasteiger partial charge in [0.2, 0.25) is 5.95 Å². The Bertz CT molecular complexity index is 2120. The van der Waals surface area contributed by atoms with E-state index in [9.17, 15) is 17.7 Å². The predicted molar refractivity (Wildman–Crippen MR) is 210 cm³/mol. The van der Waals surface area contributed by atoms with Crippen LogP contribution in [0.25, 0.3) is 17.1 Å². The molecule has 0 atom stereocenters. The van der Waals surface area contributed by atoms with Gasteiger partial charge in [-0.1, -0.05) is 12.7 Å². The van der Waals surface area contributed by atoms with Gasteiger partial charge in [0.1, 0.15) is 24.2 Å². The van der Waals surface area contributed by atoms with Crippen molar-refractivity contribution in [2.45, 2.75) is 25.1 Å². The minimum atomic E-state index is -5.08. The summed E-state index contributed by atoms with van der Waals surface area (Å²) < 4.78 is 51.7. The van der Waals surface area contributed by atoms with E-state index in [0.717, 1.165) is 43.7 Å². The number of carbonyl (C=O) groups is 1. The maximum absolute atomic E-state index is 13.4. The summed E-state index contributed by atoms with van der Waals surface area (Å²) in [5.74, 6) is -1.22. The van der Waals surface area contributed by atoms with Gasteiger partial charge in [0.15, 0.2) is 0 Å². The Morgan fingerprint density at radius 3 is 2.43 bits per heavy atom. The summed E-state index contributed by atoms with van der Waals surface area (Å²) in [4.78, 5) is 34.0. The molecule has 0 aliphatic carbocycles. The van der Waals surface area contributed by atoms with Crippen molar-refractivity contribution in [1.82, 2.24) is 29.7 Å². The fourth-order valence-electron chi connectivity index (χ4n) is 6.01. The molecule has 2 aliphatic heterocycles. The first-order valence-electron chi connectivity index (χ1n) is 16.7. The number of piperidine rings is 1. The third-order valence-electron chi connectivity index (χ3n) is 8.60. The van der Waals surface area contributed by atoms with Crippen molar-refractivity contribution in [3.8, 4) is 5.75 Å². The molecule has 3 N–H and O–H groups in total. The average molecular weight is 831 g/mol. The third kappa shape index (κ3) is 9.68. The highest BCUT2D eigenvalue weighted by atomic mass is 79.9. The second-order valence-corrected chi connectivity index (χ2v) is 16.8. The van der Waals surface area contributed by atoms with Gasteiger partial charge in [-0.15, -0.1) is 0 Å². The molecule has 0 saturated carbocycles. The van der Waals surface area contributed by atoms with Crippen molar-refractivity contribution in [3.63, 3.8) is 0 Å². The summed E-state index contributed by atoms with van der Waals surface area (Å²) >= 11 is 3.57. The van der Waals surface area contributed by atoms with Crippen LogP contribution in [-0.4, -0.2) is 100 Å². The largest absolute Gasteiger partial charge is 0.494 e. The van der Waals surface area contributed by atoms with Crippen LogP contribution in [0.15, 0.2) is 78.6 Å². The molecule has 13 nitrogen and oxygen atoms in total. The zero-order chi connectivity index (χ0) is 39.2. The van der Waals surface area contributed by atoms with Gasteiger partial charge in [0.05, 0.1) is 33.8 Å². The number of aromatic nitrogens is 4. The van der Waals surface area contributed by atoms with Gasteiger partial charge in [-0.2, -0.15) is 18.2 Å². The van der Waals surface area contributed by atoms with E-state index in [4.69, 9.17) is 19.6 Å². The molecule has 4 heterocycles. The van der Waals surface area contributed by atoms with Crippen molar-refractivity contribution in [3.05, 3.63) is 84.1 Å². The van der Waals surface area contributed by atoms with Crippen molar-refractivity contribution in [1.29, 1.82) is 0 Å². The molecule has 18 heteroatoms. The minimum Gasteiger partial charge on any atom is -0.494 e. The Hall–Kier alpha value is -5.15. The van der Waals surface area contributed by atoms with Gasteiger partial charge in [-0.3, -0.25) is 9.97 Å². The number of likely N-dealkylation sites (N-methyl/N-ethyl adjacent to an activating group) is 1. The molecule has 2 aliphatic rings. The van der Waals surface area contributed by atoms with E-state index in [0.29, 0.717) is 55.7 Å². The molecule has 0 radical (unpaired) electrons. The first-order chi connectivity index (χ1) is 25.6. The number of alkyl halides is 3. The van der Waals surface area contributed by atoms with Crippen LogP contribution in [0, 0.1) is 0 Å². The van der Waals surface area contributed by atoms with Crippen LogP contribution in [0.2, 0.25) is 0 Å². The number of rotatable bonds is 9. The molecule has 2 aromatic heterocycles. The molecule has 2 aromatic carbocycles. The zero-order valence-electron chi connectivity index (χ0n) is 30.0. The summed E-state index contributed by atoms with van der Waals surface area (Å²) in [5, 5.41) is 14.4. The Morgan fingerprint density at radius 1 is 1.07 bits per heavy atom. The third-order valence-corrected chi connectivity index (χ3v) is 10.7. The second kappa shape index (κ2) is 16.9. The average Bonchev–Trinajstić information content (AvgIpc) is 3.36. The molecule has 0 spiro atoms. The topological polar surface area (TPSA) is 149 Å². The molecular weight excluding hydrogens is 790 g/mol. The van der Waals surface area contributed by atoms with Crippen molar-refractivity contribution in [2.24, 2.45) is 0 Å². The van der Waals surface area contributed by atoms with Crippen LogP contribution in [0.1, 0.15) is 18.4 Å². The number of aliphatic carboxylic acids is 1. The Balaban J connectivity index is 0.000000730. The molecule has 0 bridgehead atoms. The normalized spacial score (nSPS) is 15.0. The smallest absolute Gasteiger partial charge is 0.490 e. The Kier molecular flexibility index (Phi) is 12.5. The first-order valence-corrected chi connectivity index (χ1v) is 20.1. The van der Waals surface area contributed by atoms with E-state index in [1.165, 1.54) is 0 Å². The van der Waals surface area contributed by atoms with Gasteiger partial charge in [-0.05, 0) is 71.9 Å². The Labute approximate surface area is 319 Å². The SMILES string of the molecule is C=Cc1cc(Nc2ncc(Br)c(Nc3ccc4nccnc4c3P(C)(C)=O)n2)c(OC)cc1N1CCC(N2C=CCN(C)C=C2)CC1.O=C(O)C(F)(F)F. The quantitative estimate of drug-likeness (QED) is 0.144. The number of anilines is 5. The first kappa shape index (κ1) is 40.0. The van der Waals surface area contributed by atoms with Crippen LogP contribution in [-0.2, 0) is 9.36 Å². The van der Waals surface area contributed by atoms with Crippen LogP contribution in [0.5, 0.6) is 5.75 Å². The van der Waals surface area contributed by atoms with Crippen LogP contribution >= 0.6 is 23.1 Å². The number of fused-ring (bicyclic) bond motifs is 1. The highest BCUT2D eigenvalue weighted by Gasteiger charge is 2.38. The highest BCUT2D eigenvalue weighted by Crippen LogP contribution is 2.42. The number of carboxylic acid groups (broad SMARTS) is 1. The lowest BCUT2D eigenvalue weighted by molar-refractivity contribution is -0.192. The number of benzene rings is 2. The summed E-state index contributed by atoms with van der Waals surface area (Å²) in [5.41, 5.74) is 4.71. The predicted octanol–water partition coefficient (Wildman–Crippen LogP) is 7.40. The molecule has 54 heavy (non-hydrogen) atoms. The number of nitrogens with zero attached hydrogens (tertiary/aromatic N) is 7. The minimum absolute atomic E-state index is 0.361. The maximum atomic E-state index is 13.4. The summed E-state index contributed by atoms with van der Waals surface area (Å²) in [6.45, 7) is 10.3. The van der Waals surface area contributed by atoms with Gasteiger partial charge >= 0.3 is 12.1 Å². The number of ether oxygens (including phenoxy) is 1. The van der Waals surface area contributed by atoms with Gasteiger partial charge in [0, 0.05) is 81.7 Å². The molecule has 4 aromatic rings. The lowest BCUT2D eigenvalue weighted by Crippen LogP contribution is -2.41. The number of carboxylic acids is 1. The van der Waals surface area contributed by atoms with Crippen molar-refractivity contribution in [2.75, 3.05) is 62.7 Å². The number of nitrogens with one attached hydrogen (secondary N) is 2. The number of methoxy groups -OCH3 is 1. The number of hydrogen-bond acceptors (Lipinski definition) is 12. The number of hydrogen-bond donors (Lipinski definition) is 3. The van der Waals surface area contributed by atoms with Crippen molar-refractivity contribution < 1.29 is 32.4 Å². The lowest BCUT2D eigenvalue weighted by Gasteiger charge is -2.38. The van der Waals surface area contributed by atoms with Crippen LogP contribution in [0.4, 0.5) is 42.0 Å². The van der Waals surface area contributed by atoms with Crippen LogP contribution < -0.4 is 25.6 Å². The lowest BCUT2D eigenvalue weighted by atomic mass is 10.0. The fourth-order valence-corrected chi connectivity index (χ4v) is 7.69. The van der Waals surface area contributed by atoms with Gasteiger partial charge in [0.25, 0.3) is 0 Å². The standard InChI is InChI=1S/C34H39BrN9O2P.C2HF3O2/c1-6-23-20-28(30(46-3)21-29(23)44-16-10-24(11-17-44)43-15-7-14-42(2)18-19-43)40-34-38-22-25(35)33(41-34)39-27-9-8-26-31(37-13-12-36-26)32(27)47(4,5)45;3-2(4,5)1(6)7/h6-9,12-13,15,18-22,24H,1,10-11,14,16-17H2,2-5H3,(H2,38,39,40,41);(H,6,7). The number of halogens is 4. The van der Waals surface area contributed by atoms with E-state index in [-0.39, 0.29) is 0 Å². The zero-order valence-corrected chi connectivity index (χ0v) is 32.5. The monoisotopic (exact) mass is 829 g/mol. The van der Waals surface area contributed by atoms with E-state index < -0.39 is 19.3 Å². The van der Waals surface area contributed by atoms with E-state index in [1.807, 2.05) is 24.3 Å². The highest BCUT2D eigenvalue weighted by molar-refractivity contribution is 9.10. The van der Waals surface area contributed by atoms with Gasteiger partial charge < -0.3 is 39.7 Å². The molecule has 0 unspecified atom stereocenters. The fraction of sp³-hybridized carbons (Fsp3) is 0.306. The van der Waals surface area contributed by atoms with E-state index in [2.05, 4.69) is 101 Å². The Morgan fingerprint density at radius 2 is 1.78 bits per heavy atom.